The van der Waals surface area contributed by atoms with Crippen molar-refractivity contribution in [1.29, 1.82) is 0 Å². The highest BCUT2D eigenvalue weighted by molar-refractivity contribution is 14.1. The fourth-order valence-corrected chi connectivity index (χ4v) is 5.13. The summed E-state index contributed by atoms with van der Waals surface area (Å²) in [6.07, 6.45) is 1.62. The lowest BCUT2D eigenvalue weighted by atomic mass is 10.3. The van der Waals surface area contributed by atoms with Crippen LogP contribution in [0.2, 0.25) is 0 Å². The minimum Gasteiger partial charge on any atom is -0.280 e. The molecular formula is C15H15IN2O4S2. The van der Waals surface area contributed by atoms with Gasteiger partial charge in [-0.1, -0.05) is 12.1 Å². The third-order valence-corrected chi connectivity index (χ3v) is 6.97. The van der Waals surface area contributed by atoms with E-state index in [9.17, 15) is 16.8 Å². The third-order valence-electron chi connectivity index (χ3n) is 3.40. The van der Waals surface area contributed by atoms with Gasteiger partial charge in [-0.15, -0.1) is 0 Å². The van der Waals surface area contributed by atoms with E-state index in [0.29, 0.717) is 5.69 Å². The second kappa shape index (κ2) is 6.62. The molecular weight excluding hydrogens is 463 g/mol. The second-order valence-electron chi connectivity index (χ2n) is 5.49. The number of halogens is 1. The Hall–Kier alpha value is -1.17. The van der Waals surface area contributed by atoms with E-state index in [1.807, 2.05) is 6.07 Å². The molecule has 2 aromatic carbocycles. The molecule has 0 saturated heterocycles. The molecule has 24 heavy (non-hydrogen) atoms. The van der Waals surface area contributed by atoms with Gasteiger partial charge in [0, 0.05) is 15.3 Å². The van der Waals surface area contributed by atoms with Crippen LogP contribution in [-0.2, 0) is 20.0 Å². The van der Waals surface area contributed by atoms with E-state index in [1.54, 1.807) is 18.2 Å². The van der Waals surface area contributed by atoms with Crippen molar-refractivity contribution in [3.63, 3.8) is 0 Å². The fraction of sp³-hybridized carbons (Fsp3) is 0.200. The van der Waals surface area contributed by atoms with Crippen LogP contribution in [0.1, 0.15) is 12.8 Å². The minimum atomic E-state index is -3.87. The van der Waals surface area contributed by atoms with Gasteiger partial charge >= 0.3 is 0 Å². The maximum atomic E-state index is 12.5. The number of sulfonamides is 2. The molecule has 3 rings (SSSR count). The van der Waals surface area contributed by atoms with Crippen molar-refractivity contribution >= 4 is 48.3 Å². The average molecular weight is 478 g/mol. The highest BCUT2D eigenvalue weighted by atomic mass is 127. The van der Waals surface area contributed by atoms with Crippen LogP contribution in [0.25, 0.3) is 0 Å². The van der Waals surface area contributed by atoms with Gasteiger partial charge in [-0.2, -0.15) is 0 Å². The average Bonchev–Trinajstić information content (AvgIpc) is 3.30. The first-order valence-corrected chi connectivity index (χ1v) is 11.2. The van der Waals surface area contributed by atoms with Gasteiger partial charge in [0.1, 0.15) is 0 Å². The van der Waals surface area contributed by atoms with Gasteiger partial charge in [0.25, 0.3) is 10.0 Å². The summed E-state index contributed by atoms with van der Waals surface area (Å²) in [5, 5.41) is 0. The molecule has 1 aliphatic rings. The Kier molecular flexibility index (Phi) is 4.87. The van der Waals surface area contributed by atoms with E-state index in [0.717, 1.165) is 16.4 Å². The van der Waals surface area contributed by atoms with Crippen molar-refractivity contribution in [1.82, 2.24) is 4.72 Å². The van der Waals surface area contributed by atoms with E-state index in [1.165, 1.54) is 24.3 Å². The Labute approximate surface area is 154 Å². The Morgan fingerprint density at radius 3 is 2.12 bits per heavy atom. The number of hydrogen-bond acceptors (Lipinski definition) is 4. The van der Waals surface area contributed by atoms with Crippen LogP contribution in [0.3, 0.4) is 0 Å². The summed E-state index contributed by atoms with van der Waals surface area (Å²) >= 11 is 2.08. The molecule has 0 amide bonds. The van der Waals surface area contributed by atoms with Crippen molar-refractivity contribution in [2.75, 3.05) is 4.72 Å². The number of rotatable bonds is 6. The standard InChI is InChI=1S/C15H15IN2O4S2/c16-11-3-1-4-13(9-11)18-24(21,22)15-6-2-5-14(10-15)23(19,20)17-12-7-8-12/h1-6,9-10,12,17-18H,7-8H2. The monoisotopic (exact) mass is 478 g/mol. The van der Waals surface area contributed by atoms with Gasteiger partial charge in [-0.3, -0.25) is 4.72 Å². The molecule has 0 aromatic heterocycles. The predicted molar refractivity (Wildman–Crippen MR) is 99.8 cm³/mol. The zero-order valence-electron chi connectivity index (χ0n) is 12.4. The summed E-state index contributed by atoms with van der Waals surface area (Å²) < 4.78 is 55.4. The highest BCUT2D eigenvalue weighted by Crippen LogP contribution is 2.24. The number of nitrogens with one attached hydrogen (secondary N) is 2. The van der Waals surface area contributed by atoms with Crippen molar-refractivity contribution in [3.05, 3.63) is 52.1 Å². The lowest BCUT2D eigenvalue weighted by Gasteiger charge is -2.10. The quantitative estimate of drug-likeness (QED) is 0.625. The maximum Gasteiger partial charge on any atom is 0.261 e. The molecule has 128 valence electrons. The molecule has 0 spiro atoms. The molecule has 0 aliphatic heterocycles. The fourth-order valence-electron chi connectivity index (χ4n) is 2.06. The highest BCUT2D eigenvalue weighted by Gasteiger charge is 2.28. The molecule has 0 radical (unpaired) electrons. The molecule has 9 heteroatoms. The Morgan fingerprint density at radius 2 is 1.50 bits per heavy atom. The van der Waals surface area contributed by atoms with E-state index in [4.69, 9.17) is 0 Å². The Balaban J connectivity index is 1.89. The zero-order chi connectivity index (χ0) is 17.4. The number of benzene rings is 2. The van der Waals surface area contributed by atoms with Gasteiger partial charge in [0.2, 0.25) is 10.0 Å². The van der Waals surface area contributed by atoms with Crippen molar-refractivity contribution in [2.24, 2.45) is 0 Å². The zero-order valence-corrected chi connectivity index (χ0v) is 16.2. The Morgan fingerprint density at radius 1 is 0.875 bits per heavy atom. The van der Waals surface area contributed by atoms with Crippen molar-refractivity contribution in [3.8, 4) is 0 Å². The topological polar surface area (TPSA) is 92.3 Å². The van der Waals surface area contributed by atoms with E-state index in [-0.39, 0.29) is 15.8 Å². The lowest BCUT2D eigenvalue weighted by Crippen LogP contribution is -2.26. The van der Waals surface area contributed by atoms with Crippen LogP contribution in [0.15, 0.2) is 58.3 Å². The first-order chi connectivity index (χ1) is 11.3. The van der Waals surface area contributed by atoms with Crippen LogP contribution >= 0.6 is 22.6 Å². The predicted octanol–water partition coefficient (Wildman–Crippen LogP) is 2.53. The summed E-state index contributed by atoms with van der Waals surface area (Å²) in [6.45, 7) is 0. The van der Waals surface area contributed by atoms with E-state index in [2.05, 4.69) is 32.0 Å². The van der Waals surface area contributed by atoms with Crippen LogP contribution in [0.4, 0.5) is 5.69 Å². The maximum absolute atomic E-state index is 12.5. The van der Waals surface area contributed by atoms with Crippen LogP contribution in [0.5, 0.6) is 0 Å². The van der Waals surface area contributed by atoms with Gasteiger partial charge in [0.05, 0.1) is 9.79 Å². The molecule has 1 aliphatic carbocycles. The summed E-state index contributed by atoms with van der Waals surface area (Å²) in [5.41, 5.74) is 0.422. The molecule has 0 heterocycles. The van der Waals surface area contributed by atoms with Crippen LogP contribution < -0.4 is 9.44 Å². The lowest BCUT2D eigenvalue weighted by molar-refractivity contribution is 0.580. The molecule has 1 fully saturated rings. The van der Waals surface area contributed by atoms with Crippen molar-refractivity contribution in [2.45, 2.75) is 28.7 Å². The van der Waals surface area contributed by atoms with Crippen LogP contribution in [0, 0.1) is 3.57 Å². The molecule has 0 unspecified atom stereocenters. The van der Waals surface area contributed by atoms with Crippen LogP contribution in [-0.4, -0.2) is 22.9 Å². The van der Waals surface area contributed by atoms with Gasteiger partial charge in [-0.25, -0.2) is 21.6 Å². The third kappa shape index (κ3) is 4.26. The van der Waals surface area contributed by atoms with Gasteiger partial charge in [-0.05, 0) is 71.8 Å². The molecule has 6 nitrogen and oxygen atoms in total. The summed E-state index contributed by atoms with van der Waals surface area (Å²) in [4.78, 5) is -0.153. The first-order valence-electron chi connectivity index (χ1n) is 7.17. The second-order valence-corrected chi connectivity index (χ2v) is 10.1. The molecule has 0 bridgehead atoms. The minimum absolute atomic E-state index is 0.0419. The first kappa shape index (κ1) is 17.6. The summed E-state index contributed by atoms with van der Waals surface area (Å²) in [5.74, 6) is 0. The number of anilines is 1. The van der Waals surface area contributed by atoms with Crippen molar-refractivity contribution < 1.29 is 16.8 Å². The van der Waals surface area contributed by atoms with E-state index < -0.39 is 20.0 Å². The Bertz CT molecular complexity index is 970. The van der Waals surface area contributed by atoms with Gasteiger partial charge < -0.3 is 0 Å². The molecule has 1 saturated carbocycles. The molecule has 2 N–H and O–H groups in total. The normalized spacial score (nSPS) is 15.2. The van der Waals surface area contributed by atoms with E-state index >= 15 is 0 Å². The molecule has 2 aromatic rings. The summed E-state index contributed by atoms with van der Waals surface area (Å²) in [7, 11) is -7.57. The molecule has 0 atom stereocenters. The van der Waals surface area contributed by atoms with Gasteiger partial charge in [0.15, 0.2) is 0 Å². The smallest absolute Gasteiger partial charge is 0.261 e. The SMILES string of the molecule is O=S(=O)(Nc1cccc(I)c1)c1cccc(S(=O)(=O)NC2CC2)c1. The number of hydrogen-bond donors (Lipinski definition) is 2. The summed E-state index contributed by atoms with van der Waals surface area (Å²) in [6, 6.07) is 12.2. The largest absolute Gasteiger partial charge is 0.280 e.